The molecule has 0 amide bonds. The third-order valence-electron chi connectivity index (χ3n) is 5.34. The van der Waals surface area contributed by atoms with Crippen LogP contribution in [0.3, 0.4) is 0 Å². The summed E-state index contributed by atoms with van der Waals surface area (Å²) in [6.45, 7) is 4.43. The molecule has 0 aromatic heterocycles. The number of hydrogen-bond acceptors (Lipinski definition) is 4. The Labute approximate surface area is 180 Å². The predicted octanol–water partition coefficient (Wildman–Crippen LogP) is 6.74. The molecule has 2 unspecified atom stereocenters. The fourth-order valence-corrected chi connectivity index (χ4v) is 4.65. The third-order valence-corrected chi connectivity index (χ3v) is 6.57. The molecule has 4 nitrogen and oxygen atoms in total. The lowest BCUT2D eigenvalue weighted by atomic mass is 9.89. The van der Waals surface area contributed by atoms with Crippen molar-refractivity contribution >= 4 is 23.7 Å². The zero-order chi connectivity index (χ0) is 21.5. The van der Waals surface area contributed by atoms with E-state index in [1.54, 1.807) is 0 Å². The summed E-state index contributed by atoms with van der Waals surface area (Å²) in [7, 11) is 1.35. The van der Waals surface area contributed by atoms with Gasteiger partial charge in [0.05, 0.1) is 13.5 Å². The van der Waals surface area contributed by atoms with Gasteiger partial charge in [-0.3, -0.25) is 9.59 Å². The van der Waals surface area contributed by atoms with Crippen LogP contribution < -0.4 is 0 Å². The van der Waals surface area contributed by atoms with Crippen molar-refractivity contribution in [3.63, 3.8) is 0 Å². The topological polar surface area (TPSA) is 63.6 Å². The molecule has 0 aliphatic rings. The Kier molecular flexibility index (Phi) is 13.5. The van der Waals surface area contributed by atoms with Gasteiger partial charge in [-0.15, -0.1) is 11.8 Å². The smallest absolute Gasteiger partial charge is 0.321 e. The molecule has 0 heterocycles. The molecule has 2 atom stereocenters. The van der Waals surface area contributed by atoms with Gasteiger partial charge in [-0.25, -0.2) is 0 Å². The standard InChI is InChI=1S/C24H38O4S/c1-4-5-6-7-8-9-10-11-14-19(2)20-15-12-13-16-21(20)23(24(26)27)29-18-17-22(25)28-3/h12-13,15-16,19,23H,4-11,14,17-18H2,1-3H3,(H,26,27). The number of rotatable bonds is 16. The van der Waals surface area contributed by atoms with Gasteiger partial charge in [-0.05, 0) is 23.5 Å². The molecule has 0 aliphatic heterocycles. The second kappa shape index (κ2) is 15.4. The molecule has 0 radical (unpaired) electrons. The Morgan fingerprint density at radius 1 is 1.00 bits per heavy atom. The first-order chi connectivity index (χ1) is 14.0. The van der Waals surface area contributed by atoms with E-state index in [-0.39, 0.29) is 12.4 Å². The molecule has 29 heavy (non-hydrogen) atoms. The van der Waals surface area contributed by atoms with Crippen LogP contribution in [0.15, 0.2) is 24.3 Å². The van der Waals surface area contributed by atoms with E-state index in [2.05, 4.69) is 24.7 Å². The first-order valence-electron chi connectivity index (χ1n) is 11.0. The average molecular weight is 423 g/mol. The van der Waals surface area contributed by atoms with Crippen molar-refractivity contribution in [2.45, 2.75) is 89.2 Å². The molecule has 0 fully saturated rings. The van der Waals surface area contributed by atoms with Crippen LogP contribution in [0.2, 0.25) is 0 Å². The number of carboxylic acids is 1. The minimum atomic E-state index is -0.855. The van der Waals surface area contributed by atoms with Gasteiger partial charge < -0.3 is 9.84 Å². The highest BCUT2D eigenvalue weighted by atomic mass is 32.2. The van der Waals surface area contributed by atoms with Crippen LogP contribution in [-0.4, -0.2) is 29.9 Å². The summed E-state index contributed by atoms with van der Waals surface area (Å²) in [4.78, 5) is 23.2. The summed E-state index contributed by atoms with van der Waals surface area (Å²) in [6, 6.07) is 7.87. The van der Waals surface area contributed by atoms with E-state index in [4.69, 9.17) is 0 Å². The number of hydrogen-bond donors (Lipinski definition) is 1. The Morgan fingerprint density at radius 2 is 1.59 bits per heavy atom. The van der Waals surface area contributed by atoms with Gasteiger partial charge in [0.25, 0.3) is 0 Å². The van der Waals surface area contributed by atoms with Gasteiger partial charge in [-0.2, -0.15) is 0 Å². The van der Waals surface area contributed by atoms with E-state index >= 15 is 0 Å². The zero-order valence-electron chi connectivity index (χ0n) is 18.3. The Balaban J connectivity index is 2.58. The molecule has 0 saturated heterocycles. The van der Waals surface area contributed by atoms with Crippen LogP contribution in [0.4, 0.5) is 0 Å². The number of benzene rings is 1. The highest BCUT2D eigenvalue weighted by Gasteiger charge is 2.25. The van der Waals surface area contributed by atoms with E-state index in [1.165, 1.54) is 70.2 Å². The van der Waals surface area contributed by atoms with Crippen LogP contribution in [0.5, 0.6) is 0 Å². The van der Waals surface area contributed by atoms with Gasteiger partial charge in [0.1, 0.15) is 5.25 Å². The van der Waals surface area contributed by atoms with Crippen LogP contribution in [-0.2, 0) is 14.3 Å². The maximum Gasteiger partial charge on any atom is 0.321 e. The molecule has 0 aliphatic carbocycles. The zero-order valence-corrected chi connectivity index (χ0v) is 19.1. The van der Waals surface area contributed by atoms with Gasteiger partial charge >= 0.3 is 11.9 Å². The predicted molar refractivity (Wildman–Crippen MR) is 122 cm³/mol. The highest BCUT2D eigenvalue weighted by Crippen LogP contribution is 2.36. The molecular weight excluding hydrogens is 384 g/mol. The maximum atomic E-state index is 11.9. The van der Waals surface area contributed by atoms with Crippen molar-refractivity contribution in [3.8, 4) is 0 Å². The average Bonchev–Trinajstić information content (AvgIpc) is 2.72. The molecule has 1 rings (SSSR count). The molecule has 1 aromatic carbocycles. The second-order valence-corrected chi connectivity index (χ2v) is 8.92. The highest BCUT2D eigenvalue weighted by molar-refractivity contribution is 8.00. The van der Waals surface area contributed by atoms with Gasteiger partial charge in [0.15, 0.2) is 0 Å². The molecule has 0 saturated carbocycles. The number of esters is 1. The molecule has 5 heteroatoms. The first-order valence-corrected chi connectivity index (χ1v) is 12.1. The minimum absolute atomic E-state index is 0.223. The van der Waals surface area contributed by atoms with E-state index in [0.29, 0.717) is 11.7 Å². The molecular formula is C24H38O4S. The lowest BCUT2D eigenvalue weighted by Crippen LogP contribution is -2.13. The minimum Gasteiger partial charge on any atom is -0.480 e. The molecule has 1 N–H and O–H groups in total. The van der Waals surface area contributed by atoms with E-state index in [0.717, 1.165) is 17.5 Å². The Bertz CT molecular complexity index is 602. The van der Waals surface area contributed by atoms with Crippen molar-refractivity contribution in [2.75, 3.05) is 12.9 Å². The number of carboxylic acid groups (broad SMARTS) is 1. The fraction of sp³-hybridized carbons (Fsp3) is 0.667. The first kappa shape index (κ1) is 25.5. The van der Waals surface area contributed by atoms with Crippen molar-refractivity contribution in [1.82, 2.24) is 0 Å². The van der Waals surface area contributed by atoms with Crippen LogP contribution in [0.1, 0.15) is 100 Å². The van der Waals surface area contributed by atoms with Gasteiger partial charge in [0, 0.05) is 5.75 Å². The lowest BCUT2D eigenvalue weighted by molar-refractivity contribution is -0.140. The lowest BCUT2D eigenvalue weighted by Gasteiger charge is -2.21. The summed E-state index contributed by atoms with van der Waals surface area (Å²) < 4.78 is 4.65. The normalized spacial score (nSPS) is 13.1. The van der Waals surface area contributed by atoms with E-state index in [9.17, 15) is 14.7 Å². The van der Waals surface area contributed by atoms with Crippen LogP contribution in [0.25, 0.3) is 0 Å². The summed E-state index contributed by atoms with van der Waals surface area (Å²) in [5.74, 6) is -0.399. The van der Waals surface area contributed by atoms with Crippen LogP contribution in [0, 0.1) is 0 Å². The number of ether oxygens (including phenoxy) is 1. The maximum absolute atomic E-state index is 11.9. The molecule has 164 valence electrons. The number of aliphatic carboxylic acids is 1. The number of unbranched alkanes of at least 4 members (excludes halogenated alkanes) is 7. The van der Waals surface area contributed by atoms with Crippen molar-refractivity contribution in [1.29, 1.82) is 0 Å². The SMILES string of the molecule is CCCCCCCCCCC(C)c1ccccc1C(SCCC(=O)OC)C(=O)O. The van der Waals surface area contributed by atoms with E-state index in [1.807, 2.05) is 18.2 Å². The van der Waals surface area contributed by atoms with E-state index < -0.39 is 11.2 Å². The number of thioether (sulfide) groups is 1. The monoisotopic (exact) mass is 422 g/mol. The number of carbonyl (C=O) groups excluding carboxylic acids is 1. The summed E-state index contributed by atoms with van der Waals surface area (Å²) in [6.07, 6.45) is 11.7. The van der Waals surface area contributed by atoms with Crippen molar-refractivity contribution in [3.05, 3.63) is 35.4 Å². The molecule has 0 bridgehead atoms. The van der Waals surface area contributed by atoms with Crippen molar-refractivity contribution < 1.29 is 19.4 Å². The van der Waals surface area contributed by atoms with Gasteiger partial charge in [-0.1, -0.05) is 89.5 Å². The second-order valence-electron chi connectivity index (χ2n) is 7.71. The largest absolute Gasteiger partial charge is 0.480 e. The quantitative estimate of drug-likeness (QED) is 0.236. The fourth-order valence-electron chi connectivity index (χ4n) is 3.59. The number of methoxy groups -OCH3 is 1. The Hall–Kier alpha value is -1.49. The summed E-state index contributed by atoms with van der Waals surface area (Å²) in [5, 5.41) is 9.10. The summed E-state index contributed by atoms with van der Waals surface area (Å²) >= 11 is 1.30. The summed E-state index contributed by atoms with van der Waals surface area (Å²) in [5.41, 5.74) is 1.98. The van der Waals surface area contributed by atoms with Crippen LogP contribution >= 0.6 is 11.8 Å². The third kappa shape index (κ3) is 10.2. The molecule has 0 spiro atoms. The Morgan fingerprint density at radius 3 is 2.17 bits per heavy atom. The van der Waals surface area contributed by atoms with Crippen molar-refractivity contribution in [2.24, 2.45) is 0 Å². The molecule has 1 aromatic rings. The van der Waals surface area contributed by atoms with Gasteiger partial charge in [0.2, 0.25) is 0 Å². The number of carbonyl (C=O) groups is 2.